The van der Waals surface area contributed by atoms with E-state index in [4.69, 9.17) is 5.73 Å². The van der Waals surface area contributed by atoms with Gasteiger partial charge in [0.2, 0.25) is 0 Å². The number of rotatable bonds is 4. The van der Waals surface area contributed by atoms with E-state index >= 15 is 0 Å². The maximum Gasteiger partial charge on any atom is 0.271 e. The number of nitrogens with zero attached hydrogens (tertiary/aromatic N) is 2. The first-order valence-corrected chi connectivity index (χ1v) is 5.83. The van der Waals surface area contributed by atoms with Crippen LogP contribution in [0.4, 0.5) is 0 Å². The Kier molecular flexibility index (Phi) is 4.28. The summed E-state index contributed by atoms with van der Waals surface area (Å²) >= 11 is 0. The lowest BCUT2D eigenvalue weighted by atomic mass is 9.84. The van der Waals surface area contributed by atoms with E-state index in [0.29, 0.717) is 12.2 Å². The Morgan fingerprint density at radius 2 is 2.24 bits per heavy atom. The van der Waals surface area contributed by atoms with Gasteiger partial charge in [-0.1, -0.05) is 20.8 Å². The van der Waals surface area contributed by atoms with E-state index in [2.05, 4.69) is 31.1 Å². The van der Waals surface area contributed by atoms with Gasteiger partial charge in [-0.05, 0) is 18.4 Å². The molecule has 0 aliphatic carbocycles. The molecule has 1 amide bonds. The largest absolute Gasteiger partial charge is 0.347 e. The van der Waals surface area contributed by atoms with Crippen LogP contribution >= 0.6 is 0 Å². The lowest BCUT2D eigenvalue weighted by Gasteiger charge is -2.31. The first kappa shape index (κ1) is 13.7. The number of carbonyl (C=O) groups is 1. The number of imidazole rings is 1. The van der Waals surface area contributed by atoms with Gasteiger partial charge in [0, 0.05) is 19.3 Å². The summed E-state index contributed by atoms with van der Waals surface area (Å²) in [4.78, 5) is 16.0. The fraction of sp³-hybridized carbons (Fsp3) is 0.667. The van der Waals surface area contributed by atoms with Gasteiger partial charge in [0.1, 0.15) is 5.69 Å². The number of carbonyl (C=O) groups excluding carboxylic acids is 1. The van der Waals surface area contributed by atoms with E-state index in [1.54, 1.807) is 17.1 Å². The van der Waals surface area contributed by atoms with Gasteiger partial charge >= 0.3 is 0 Å². The van der Waals surface area contributed by atoms with Crippen LogP contribution in [0.5, 0.6) is 0 Å². The molecule has 1 aromatic heterocycles. The third-order valence-electron chi connectivity index (χ3n) is 2.74. The van der Waals surface area contributed by atoms with Gasteiger partial charge in [-0.2, -0.15) is 0 Å². The Balaban J connectivity index is 2.71. The molecule has 3 N–H and O–H groups in total. The van der Waals surface area contributed by atoms with Gasteiger partial charge in [-0.15, -0.1) is 0 Å². The van der Waals surface area contributed by atoms with Crippen molar-refractivity contribution in [1.82, 2.24) is 14.9 Å². The van der Waals surface area contributed by atoms with E-state index in [0.717, 1.165) is 6.42 Å². The fourth-order valence-corrected chi connectivity index (χ4v) is 1.65. The predicted octanol–water partition coefficient (Wildman–Crippen LogP) is 0.913. The van der Waals surface area contributed by atoms with Crippen molar-refractivity contribution in [3.63, 3.8) is 0 Å². The minimum Gasteiger partial charge on any atom is -0.347 e. The number of hydrogen-bond donors (Lipinski definition) is 2. The van der Waals surface area contributed by atoms with Crippen LogP contribution in [0.3, 0.4) is 0 Å². The number of amides is 1. The van der Waals surface area contributed by atoms with Crippen molar-refractivity contribution in [1.29, 1.82) is 0 Å². The highest BCUT2D eigenvalue weighted by Gasteiger charge is 2.26. The maximum atomic E-state index is 12.0. The van der Waals surface area contributed by atoms with Crippen LogP contribution in [0.2, 0.25) is 0 Å². The predicted molar refractivity (Wildman–Crippen MR) is 67.6 cm³/mol. The van der Waals surface area contributed by atoms with Crippen molar-refractivity contribution in [2.24, 2.45) is 18.2 Å². The molecule has 0 aliphatic rings. The second-order valence-electron chi connectivity index (χ2n) is 5.39. The highest BCUT2D eigenvalue weighted by molar-refractivity contribution is 5.92. The summed E-state index contributed by atoms with van der Waals surface area (Å²) in [5.41, 5.74) is 6.01. The Bertz CT molecular complexity index is 378. The average Bonchev–Trinajstić information content (AvgIpc) is 2.62. The molecule has 1 rings (SSSR count). The zero-order valence-electron chi connectivity index (χ0n) is 11.0. The number of nitrogens with one attached hydrogen (secondary N) is 1. The van der Waals surface area contributed by atoms with Crippen LogP contribution in [0.1, 0.15) is 37.7 Å². The average molecular weight is 238 g/mol. The van der Waals surface area contributed by atoms with Crippen molar-refractivity contribution in [2.45, 2.75) is 33.2 Å². The van der Waals surface area contributed by atoms with Crippen molar-refractivity contribution < 1.29 is 4.79 Å². The third-order valence-corrected chi connectivity index (χ3v) is 2.74. The molecule has 0 bridgehead atoms. The standard InChI is InChI=1S/C12H22N4O/c1-12(2,3)10(5-6-13)15-11(17)9-7-16(4)8-14-9/h7-8,10H,5-6,13H2,1-4H3,(H,15,17). The van der Waals surface area contributed by atoms with Crippen LogP contribution < -0.4 is 11.1 Å². The van der Waals surface area contributed by atoms with Gasteiger partial charge < -0.3 is 15.6 Å². The van der Waals surface area contributed by atoms with Crippen molar-refractivity contribution in [3.05, 3.63) is 18.2 Å². The topological polar surface area (TPSA) is 72.9 Å². The molecule has 1 unspecified atom stereocenters. The number of aromatic nitrogens is 2. The lowest BCUT2D eigenvalue weighted by Crippen LogP contribution is -2.45. The monoisotopic (exact) mass is 238 g/mol. The summed E-state index contributed by atoms with van der Waals surface area (Å²) in [5, 5.41) is 2.99. The van der Waals surface area contributed by atoms with Gasteiger partial charge in [0.15, 0.2) is 0 Å². The lowest BCUT2D eigenvalue weighted by molar-refractivity contribution is 0.0894. The van der Waals surface area contributed by atoms with E-state index in [9.17, 15) is 4.79 Å². The molecule has 0 spiro atoms. The third kappa shape index (κ3) is 3.85. The molecule has 0 aliphatic heterocycles. The molecule has 1 heterocycles. The summed E-state index contributed by atoms with van der Waals surface area (Å²) in [6.45, 7) is 6.83. The molecule has 96 valence electrons. The maximum absolute atomic E-state index is 12.0. The Morgan fingerprint density at radius 3 is 2.65 bits per heavy atom. The second kappa shape index (κ2) is 5.31. The van der Waals surface area contributed by atoms with Gasteiger partial charge in [-0.25, -0.2) is 4.98 Å². The number of hydrogen-bond acceptors (Lipinski definition) is 3. The molecule has 5 nitrogen and oxygen atoms in total. The molecule has 1 aromatic rings. The molecule has 17 heavy (non-hydrogen) atoms. The minimum atomic E-state index is -0.140. The zero-order chi connectivity index (χ0) is 13.1. The quantitative estimate of drug-likeness (QED) is 0.819. The van der Waals surface area contributed by atoms with Crippen LogP contribution in [0, 0.1) is 5.41 Å². The number of aryl methyl sites for hydroxylation is 1. The molecule has 0 aromatic carbocycles. The van der Waals surface area contributed by atoms with E-state index in [1.165, 1.54) is 0 Å². The van der Waals surface area contributed by atoms with Crippen molar-refractivity contribution in [2.75, 3.05) is 6.54 Å². The van der Waals surface area contributed by atoms with Crippen LogP contribution in [-0.4, -0.2) is 28.0 Å². The van der Waals surface area contributed by atoms with Crippen LogP contribution in [0.15, 0.2) is 12.5 Å². The summed E-state index contributed by atoms with van der Waals surface area (Å²) in [6.07, 6.45) is 4.09. The number of nitrogens with two attached hydrogens (primary N) is 1. The highest BCUT2D eigenvalue weighted by atomic mass is 16.2. The highest BCUT2D eigenvalue weighted by Crippen LogP contribution is 2.21. The molecular weight excluding hydrogens is 216 g/mol. The van der Waals surface area contributed by atoms with E-state index in [1.807, 2.05) is 7.05 Å². The Morgan fingerprint density at radius 1 is 1.59 bits per heavy atom. The van der Waals surface area contributed by atoms with Gasteiger partial charge in [0.05, 0.1) is 6.33 Å². The molecular formula is C12H22N4O. The Hall–Kier alpha value is -1.36. The summed E-state index contributed by atoms with van der Waals surface area (Å²) in [7, 11) is 1.84. The molecule has 1 atom stereocenters. The minimum absolute atomic E-state index is 0.0101. The van der Waals surface area contributed by atoms with Crippen LogP contribution in [0.25, 0.3) is 0 Å². The van der Waals surface area contributed by atoms with Gasteiger partial charge in [-0.3, -0.25) is 4.79 Å². The van der Waals surface area contributed by atoms with E-state index in [-0.39, 0.29) is 17.4 Å². The summed E-state index contributed by atoms with van der Waals surface area (Å²) < 4.78 is 1.75. The van der Waals surface area contributed by atoms with Crippen LogP contribution in [-0.2, 0) is 7.05 Å². The van der Waals surface area contributed by atoms with Crippen molar-refractivity contribution in [3.8, 4) is 0 Å². The molecule has 0 fully saturated rings. The normalized spacial score (nSPS) is 13.5. The Labute approximate surface area is 102 Å². The fourth-order valence-electron chi connectivity index (χ4n) is 1.65. The second-order valence-corrected chi connectivity index (χ2v) is 5.39. The zero-order valence-corrected chi connectivity index (χ0v) is 11.0. The molecule has 0 radical (unpaired) electrons. The summed E-state index contributed by atoms with van der Waals surface area (Å²) in [5.74, 6) is -0.140. The molecule has 5 heteroatoms. The first-order chi connectivity index (χ1) is 7.84. The molecule has 0 saturated carbocycles. The molecule has 0 saturated heterocycles. The summed E-state index contributed by atoms with van der Waals surface area (Å²) in [6, 6.07) is 0.0574. The first-order valence-electron chi connectivity index (χ1n) is 5.83. The van der Waals surface area contributed by atoms with Crippen molar-refractivity contribution >= 4 is 5.91 Å². The SMILES string of the molecule is Cn1cnc(C(=O)NC(CCN)C(C)(C)C)c1. The van der Waals surface area contributed by atoms with E-state index < -0.39 is 0 Å². The van der Waals surface area contributed by atoms with Gasteiger partial charge in [0.25, 0.3) is 5.91 Å². The smallest absolute Gasteiger partial charge is 0.271 e.